The number of nitrogens with one attached hydrogen (secondary N) is 1. The van der Waals surface area contributed by atoms with Crippen LogP contribution in [0.15, 0.2) is 146 Å². The highest BCUT2D eigenvalue weighted by atomic mass is 16.7. The van der Waals surface area contributed by atoms with Crippen LogP contribution in [0.1, 0.15) is 271 Å². The van der Waals surface area contributed by atoms with Crippen molar-refractivity contribution in [3.05, 3.63) is 146 Å². The molecular weight excluding hydrogens is 1050 g/mol. The van der Waals surface area contributed by atoms with Crippen LogP contribution in [0.4, 0.5) is 0 Å². The van der Waals surface area contributed by atoms with Crippen LogP contribution >= 0.6 is 0 Å². The summed E-state index contributed by atoms with van der Waals surface area (Å²) in [5.41, 5.74) is 0. The van der Waals surface area contributed by atoms with Gasteiger partial charge < -0.3 is 40.3 Å². The van der Waals surface area contributed by atoms with Crippen LogP contribution in [0.2, 0.25) is 0 Å². The Morgan fingerprint density at radius 2 is 0.741 bits per heavy atom. The van der Waals surface area contributed by atoms with Crippen LogP contribution < -0.4 is 5.32 Å². The molecule has 0 aliphatic carbocycles. The molecule has 1 aliphatic rings. The normalized spacial score (nSPS) is 19.1. The quantitative estimate of drug-likeness (QED) is 0.0261. The number of hydrogen-bond acceptors (Lipinski definition) is 8. The molecule has 7 atom stereocenters. The Bertz CT molecular complexity index is 1850. The molecular formula is C76H127NO8. The van der Waals surface area contributed by atoms with Gasteiger partial charge in [0.05, 0.1) is 25.4 Å². The maximum atomic E-state index is 13.1. The van der Waals surface area contributed by atoms with Gasteiger partial charge in [0.25, 0.3) is 0 Å². The van der Waals surface area contributed by atoms with Crippen LogP contribution in [0.25, 0.3) is 0 Å². The summed E-state index contributed by atoms with van der Waals surface area (Å²) in [7, 11) is 0. The van der Waals surface area contributed by atoms with E-state index >= 15 is 0 Å². The predicted molar refractivity (Wildman–Crippen MR) is 363 cm³/mol. The number of carbonyl (C=O) groups is 1. The molecule has 1 amide bonds. The zero-order valence-electron chi connectivity index (χ0n) is 54.1. The Labute approximate surface area is 521 Å². The number of aliphatic hydroxyl groups excluding tert-OH is 5. The van der Waals surface area contributed by atoms with Gasteiger partial charge in [-0.1, -0.05) is 295 Å². The van der Waals surface area contributed by atoms with Gasteiger partial charge in [0.2, 0.25) is 5.91 Å². The number of unbranched alkanes of at least 4 members (excludes halogenated alkanes) is 26. The zero-order valence-corrected chi connectivity index (χ0v) is 54.1. The Balaban J connectivity index is 2.20. The Morgan fingerprint density at radius 3 is 1.13 bits per heavy atom. The number of ether oxygens (including phenoxy) is 2. The van der Waals surface area contributed by atoms with E-state index < -0.39 is 49.5 Å². The van der Waals surface area contributed by atoms with E-state index in [-0.39, 0.29) is 12.5 Å². The lowest BCUT2D eigenvalue weighted by molar-refractivity contribution is -0.302. The van der Waals surface area contributed by atoms with E-state index in [1.54, 1.807) is 6.08 Å². The Hall–Kier alpha value is -3.93. The molecule has 7 unspecified atom stereocenters. The average Bonchev–Trinajstić information content (AvgIpc) is 3.57. The van der Waals surface area contributed by atoms with Gasteiger partial charge in [-0.25, -0.2) is 0 Å². The smallest absolute Gasteiger partial charge is 0.220 e. The van der Waals surface area contributed by atoms with Crippen LogP contribution in [-0.4, -0.2) is 87.5 Å². The fraction of sp³-hybridized carbons (Fsp3) is 0.671. The largest absolute Gasteiger partial charge is 0.394 e. The molecule has 9 heteroatoms. The third kappa shape index (κ3) is 51.8. The number of hydrogen-bond donors (Lipinski definition) is 6. The lowest BCUT2D eigenvalue weighted by Gasteiger charge is -2.40. The van der Waals surface area contributed by atoms with E-state index in [1.807, 2.05) is 6.08 Å². The summed E-state index contributed by atoms with van der Waals surface area (Å²) in [6, 6.07) is -0.844. The van der Waals surface area contributed by atoms with Crippen LogP contribution in [0.3, 0.4) is 0 Å². The standard InChI is InChI=1S/C76H127NO8/c1-3-5-7-9-11-13-15-17-19-21-23-25-27-29-30-31-32-33-34-35-36-37-38-39-40-42-44-46-48-50-52-54-56-58-60-62-64-66-72(80)77-69(68-84-76-75(83)74(82)73(81)71(67-78)85-76)70(79)65-63-61-59-57-55-53-51-49-47-45-43-41-28-26-24-22-20-18-16-14-12-10-8-6-4-2/h5,7,11,13,17,19,23,25,29-30,32-33,35-36,38-39,42,44,47,49,55,57,63,65,69-71,73-76,78-79,81-83H,3-4,6,8-10,12,14-16,18,20-22,24,26-28,31,34,37,40-41,43,45-46,48,50-54,56,58-62,64,66-68H2,1-2H3,(H,77,80)/b7-5-,13-11-,19-17-,25-23-,30-29-,33-32-,36-35-,39-38-,44-42-,49-47+,57-55+,65-63+. The molecule has 1 saturated heterocycles. The highest BCUT2D eigenvalue weighted by Gasteiger charge is 2.44. The summed E-state index contributed by atoms with van der Waals surface area (Å²) in [6.45, 7) is 3.65. The van der Waals surface area contributed by atoms with Crippen molar-refractivity contribution in [2.24, 2.45) is 0 Å². The van der Waals surface area contributed by atoms with E-state index in [4.69, 9.17) is 9.47 Å². The number of amides is 1. The minimum atomic E-state index is -1.59. The van der Waals surface area contributed by atoms with Crippen molar-refractivity contribution in [1.29, 1.82) is 0 Å². The Morgan fingerprint density at radius 1 is 0.412 bits per heavy atom. The minimum Gasteiger partial charge on any atom is -0.394 e. The molecule has 0 bridgehead atoms. The van der Waals surface area contributed by atoms with Gasteiger partial charge in [0.1, 0.15) is 24.4 Å². The molecule has 0 aromatic rings. The second-order valence-corrected chi connectivity index (χ2v) is 23.2. The molecule has 0 radical (unpaired) electrons. The maximum absolute atomic E-state index is 13.1. The average molecular weight is 1180 g/mol. The zero-order chi connectivity index (χ0) is 61.4. The van der Waals surface area contributed by atoms with Gasteiger partial charge in [0.15, 0.2) is 6.29 Å². The molecule has 1 heterocycles. The summed E-state index contributed by atoms with van der Waals surface area (Å²) in [5.74, 6) is -0.202. The fourth-order valence-electron chi connectivity index (χ4n) is 10.0. The van der Waals surface area contributed by atoms with Crippen LogP contribution in [-0.2, 0) is 14.3 Å². The highest BCUT2D eigenvalue weighted by Crippen LogP contribution is 2.23. The van der Waals surface area contributed by atoms with Crippen LogP contribution in [0.5, 0.6) is 0 Å². The van der Waals surface area contributed by atoms with E-state index in [0.717, 1.165) is 122 Å². The molecule has 85 heavy (non-hydrogen) atoms. The SMILES string of the molecule is CC/C=C\C/C=C\C/C=C\C/C=C\C/C=C\C/C=C\C/C=C\C/C=C\C/C=C\CCCCCCCCCCCC(=O)NC(COC1OC(CO)C(O)C(O)C1O)C(O)/C=C/CC/C=C/CC/C=C/CCCCCCCCCCCCCCCCC. The van der Waals surface area contributed by atoms with Crippen LogP contribution in [0, 0.1) is 0 Å². The molecule has 0 aromatic heterocycles. The molecule has 484 valence electrons. The highest BCUT2D eigenvalue weighted by molar-refractivity contribution is 5.76. The van der Waals surface area contributed by atoms with Gasteiger partial charge in [-0.2, -0.15) is 0 Å². The van der Waals surface area contributed by atoms with E-state index in [9.17, 15) is 30.3 Å². The maximum Gasteiger partial charge on any atom is 0.220 e. The van der Waals surface area contributed by atoms with Crippen molar-refractivity contribution in [3.63, 3.8) is 0 Å². The summed E-state index contributed by atoms with van der Waals surface area (Å²) in [5, 5.41) is 54.7. The predicted octanol–water partition coefficient (Wildman–Crippen LogP) is 19.0. The van der Waals surface area contributed by atoms with Gasteiger partial charge >= 0.3 is 0 Å². The second kappa shape index (κ2) is 63.1. The van der Waals surface area contributed by atoms with E-state index in [1.165, 1.54) is 128 Å². The summed E-state index contributed by atoms with van der Waals surface area (Å²) in [6.07, 6.45) is 90.8. The monoisotopic (exact) mass is 1180 g/mol. The lowest BCUT2D eigenvalue weighted by atomic mass is 9.99. The number of allylic oxidation sites excluding steroid dienone is 23. The topological polar surface area (TPSA) is 149 Å². The van der Waals surface area contributed by atoms with Crippen molar-refractivity contribution in [1.82, 2.24) is 5.32 Å². The van der Waals surface area contributed by atoms with Crippen molar-refractivity contribution >= 4 is 5.91 Å². The molecule has 0 aromatic carbocycles. The first kappa shape index (κ1) is 79.1. The molecule has 1 fully saturated rings. The molecule has 0 spiro atoms. The number of rotatable bonds is 58. The molecule has 9 nitrogen and oxygen atoms in total. The first-order valence-electron chi connectivity index (χ1n) is 34.6. The molecule has 6 N–H and O–H groups in total. The van der Waals surface area contributed by atoms with Gasteiger partial charge in [0, 0.05) is 6.42 Å². The fourth-order valence-corrected chi connectivity index (χ4v) is 10.0. The third-order valence-electron chi connectivity index (χ3n) is 15.4. The van der Waals surface area contributed by atoms with Crippen molar-refractivity contribution in [2.45, 2.75) is 314 Å². The van der Waals surface area contributed by atoms with Gasteiger partial charge in [-0.05, 0) is 116 Å². The first-order chi connectivity index (χ1) is 41.8. The summed E-state index contributed by atoms with van der Waals surface area (Å²) >= 11 is 0. The number of aliphatic hydroxyl groups is 5. The Kier molecular flexibility index (Phi) is 58.7. The summed E-state index contributed by atoms with van der Waals surface area (Å²) in [4.78, 5) is 13.1. The lowest BCUT2D eigenvalue weighted by Crippen LogP contribution is -2.60. The van der Waals surface area contributed by atoms with Crippen molar-refractivity contribution < 1.29 is 39.8 Å². The van der Waals surface area contributed by atoms with E-state index in [0.29, 0.717) is 6.42 Å². The number of carbonyl (C=O) groups excluding carboxylic acids is 1. The summed E-state index contributed by atoms with van der Waals surface area (Å²) < 4.78 is 11.3. The van der Waals surface area contributed by atoms with Gasteiger partial charge in [-0.15, -0.1) is 0 Å². The second-order valence-electron chi connectivity index (χ2n) is 23.2. The van der Waals surface area contributed by atoms with Gasteiger partial charge in [-0.3, -0.25) is 4.79 Å². The van der Waals surface area contributed by atoms with Crippen molar-refractivity contribution in [3.8, 4) is 0 Å². The van der Waals surface area contributed by atoms with Crippen molar-refractivity contribution in [2.75, 3.05) is 13.2 Å². The molecule has 1 rings (SSSR count). The van der Waals surface area contributed by atoms with E-state index in [2.05, 4.69) is 153 Å². The third-order valence-corrected chi connectivity index (χ3v) is 15.4. The minimum absolute atomic E-state index is 0.202. The molecule has 1 aliphatic heterocycles. The molecule has 0 saturated carbocycles. The first-order valence-corrected chi connectivity index (χ1v) is 34.6.